The maximum atomic E-state index is 12.4. The number of hydrogen-bond donors (Lipinski definition) is 0. The Balaban J connectivity index is 2.05. The molecule has 0 aliphatic carbocycles. The van der Waals surface area contributed by atoms with Gasteiger partial charge in [-0.05, 0) is 42.0 Å². The van der Waals surface area contributed by atoms with Crippen LogP contribution in [0.15, 0.2) is 53.4 Å². The van der Waals surface area contributed by atoms with Crippen LogP contribution in [0.25, 0.3) is 0 Å². The normalized spacial score (nSPS) is 11.8. The number of anilines is 1. The third-order valence-corrected chi connectivity index (χ3v) is 4.59. The van der Waals surface area contributed by atoms with Gasteiger partial charge in [0.05, 0.1) is 0 Å². The second kappa shape index (κ2) is 7.42. The minimum atomic E-state index is -1.03. The molecule has 0 N–H and O–H groups in total. The molecule has 5 heteroatoms. The molecule has 23 heavy (non-hydrogen) atoms. The van der Waals surface area contributed by atoms with Crippen LogP contribution in [0.4, 0.5) is 5.69 Å². The molecule has 0 fully saturated rings. The van der Waals surface area contributed by atoms with Crippen LogP contribution in [-0.4, -0.2) is 42.4 Å². The van der Waals surface area contributed by atoms with E-state index in [0.717, 1.165) is 16.1 Å². The second-order valence-corrected chi connectivity index (χ2v) is 7.08. The zero-order valence-electron chi connectivity index (χ0n) is 13.9. The number of carbonyl (C=O) groups is 1. The van der Waals surface area contributed by atoms with Crippen LogP contribution in [0, 0.1) is 0 Å². The van der Waals surface area contributed by atoms with Crippen molar-refractivity contribution in [1.82, 2.24) is 4.90 Å². The zero-order chi connectivity index (χ0) is 17.0. The molecule has 0 aliphatic rings. The van der Waals surface area contributed by atoms with E-state index in [1.165, 1.54) is 0 Å². The Morgan fingerprint density at radius 2 is 1.52 bits per heavy atom. The highest BCUT2D eigenvalue weighted by Crippen LogP contribution is 2.15. The molecule has 0 saturated carbocycles. The first-order chi connectivity index (χ1) is 10.9. The molecule has 2 aromatic rings. The van der Waals surface area contributed by atoms with Gasteiger partial charge in [-0.2, -0.15) is 0 Å². The molecule has 122 valence electrons. The molecule has 1 unspecified atom stereocenters. The van der Waals surface area contributed by atoms with Crippen LogP contribution < -0.4 is 4.90 Å². The van der Waals surface area contributed by atoms with Gasteiger partial charge in [0.2, 0.25) is 0 Å². The summed E-state index contributed by atoms with van der Waals surface area (Å²) in [4.78, 5) is 16.9. The summed E-state index contributed by atoms with van der Waals surface area (Å²) in [6.45, 7) is 0.550. The highest BCUT2D eigenvalue weighted by molar-refractivity contribution is 7.84. The minimum Gasteiger partial charge on any atom is -0.378 e. The number of rotatable bonds is 5. The standard InChI is InChI=1S/C18H22N2O2S/c1-19(2)16-9-5-14(6-10-16)13-20(3)18(21)15-7-11-17(12-8-15)23(4)22/h5-12H,13H2,1-4H3. The molecule has 0 saturated heterocycles. The lowest BCUT2D eigenvalue weighted by atomic mass is 10.1. The lowest BCUT2D eigenvalue weighted by Crippen LogP contribution is -2.26. The average molecular weight is 330 g/mol. The third kappa shape index (κ3) is 4.42. The van der Waals surface area contributed by atoms with Gasteiger partial charge in [-0.15, -0.1) is 0 Å². The minimum absolute atomic E-state index is 0.0462. The summed E-state index contributed by atoms with van der Waals surface area (Å²) in [6.07, 6.45) is 1.63. The summed E-state index contributed by atoms with van der Waals surface area (Å²) in [5.74, 6) is -0.0462. The van der Waals surface area contributed by atoms with E-state index < -0.39 is 10.8 Å². The van der Waals surface area contributed by atoms with E-state index in [4.69, 9.17) is 0 Å². The Hall–Kier alpha value is -2.14. The summed E-state index contributed by atoms with van der Waals surface area (Å²) >= 11 is 0. The van der Waals surface area contributed by atoms with Gasteiger partial charge in [-0.25, -0.2) is 0 Å². The number of benzene rings is 2. The molecule has 2 rings (SSSR count). The quantitative estimate of drug-likeness (QED) is 0.846. The van der Waals surface area contributed by atoms with Gasteiger partial charge in [-0.1, -0.05) is 12.1 Å². The van der Waals surface area contributed by atoms with Crippen LogP contribution in [0.2, 0.25) is 0 Å². The van der Waals surface area contributed by atoms with Gasteiger partial charge >= 0.3 is 0 Å². The van der Waals surface area contributed by atoms with Gasteiger partial charge < -0.3 is 9.80 Å². The van der Waals surface area contributed by atoms with Crippen molar-refractivity contribution >= 4 is 22.4 Å². The fraction of sp³-hybridized carbons (Fsp3) is 0.278. The maximum absolute atomic E-state index is 12.4. The van der Waals surface area contributed by atoms with E-state index >= 15 is 0 Å². The summed E-state index contributed by atoms with van der Waals surface area (Å²) < 4.78 is 11.4. The van der Waals surface area contributed by atoms with Gasteiger partial charge in [0.15, 0.2) is 0 Å². The molecule has 0 radical (unpaired) electrons. The topological polar surface area (TPSA) is 40.6 Å². The first kappa shape index (κ1) is 17.2. The Morgan fingerprint density at radius 1 is 0.957 bits per heavy atom. The van der Waals surface area contributed by atoms with E-state index in [-0.39, 0.29) is 5.91 Å². The number of nitrogens with zero attached hydrogens (tertiary/aromatic N) is 2. The Bertz CT molecular complexity index is 694. The lowest BCUT2D eigenvalue weighted by Gasteiger charge is -2.18. The predicted octanol–water partition coefficient (Wildman–Crippen LogP) is 2.76. The van der Waals surface area contributed by atoms with Crippen LogP contribution in [-0.2, 0) is 17.3 Å². The molecular weight excluding hydrogens is 308 g/mol. The first-order valence-electron chi connectivity index (χ1n) is 7.33. The molecule has 1 amide bonds. The number of carbonyl (C=O) groups excluding carboxylic acids is 1. The van der Waals surface area contributed by atoms with Crippen LogP contribution >= 0.6 is 0 Å². The SMILES string of the molecule is CN(Cc1ccc(N(C)C)cc1)C(=O)c1ccc(S(C)=O)cc1. The van der Waals surface area contributed by atoms with Crippen LogP contribution in [0.3, 0.4) is 0 Å². The number of amides is 1. The molecule has 0 bridgehead atoms. The Morgan fingerprint density at radius 3 is 2.00 bits per heavy atom. The Kier molecular flexibility index (Phi) is 5.55. The van der Waals surface area contributed by atoms with Crippen LogP contribution in [0.5, 0.6) is 0 Å². The van der Waals surface area contributed by atoms with Crippen molar-refractivity contribution in [3.05, 3.63) is 59.7 Å². The molecule has 0 aliphatic heterocycles. The third-order valence-electron chi connectivity index (χ3n) is 3.65. The summed E-state index contributed by atoms with van der Waals surface area (Å²) in [5, 5.41) is 0. The summed E-state index contributed by atoms with van der Waals surface area (Å²) in [5.41, 5.74) is 2.82. The molecule has 0 spiro atoms. The van der Waals surface area contributed by atoms with E-state index in [1.54, 1.807) is 42.5 Å². The fourth-order valence-corrected chi connectivity index (χ4v) is 2.77. The van der Waals surface area contributed by atoms with E-state index in [0.29, 0.717) is 12.1 Å². The lowest BCUT2D eigenvalue weighted by molar-refractivity contribution is 0.0785. The van der Waals surface area contributed by atoms with Crippen molar-refractivity contribution in [2.45, 2.75) is 11.4 Å². The highest BCUT2D eigenvalue weighted by Gasteiger charge is 2.12. The highest BCUT2D eigenvalue weighted by atomic mass is 32.2. The molecule has 1 atom stereocenters. The van der Waals surface area contributed by atoms with Crippen molar-refractivity contribution < 1.29 is 9.00 Å². The zero-order valence-corrected chi connectivity index (χ0v) is 14.8. The van der Waals surface area contributed by atoms with Crippen molar-refractivity contribution in [3.63, 3.8) is 0 Å². The van der Waals surface area contributed by atoms with Crippen molar-refractivity contribution in [3.8, 4) is 0 Å². The van der Waals surface area contributed by atoms with Crippen LogP contribution in [0.1, 0.15) is 15.9 Å². The first-order valence-corrected chi connectivity index (χ1v) is 8.89. The van der Waals surface area contributed by atoms with E-state index in [1.807, 2.05) is 43.3 Å². The molecule has 0 aromatic heterocycles. The fourth-order valence-electron chi connectivity index (χ4n) is 2.25. The molecular formula is C18H22N2O2S. The summed E-state index contributed by atoms with van der Waals surface area (Å²) in [7, 11) is 4.75. The van der Waals surface area contributed by atoms with Crippen molar-refractivity contribution in [1.29, 1.82) is 0 Å². The average Bonchev–Trinajstić information content (AvgIpc) is 2.54. The van der Waals surface area contributed by atoms with E-state index in [9.17, 15) is 9.00 Å². The summed E-state index contributed by atoms with van der Waals surface area (Å²) in [6, 6.07) is 15.1. The monoisotopic (exact) mass is 330 g/mol. The van der Waals surface area contributed by atoms with Crippen molar-refractivity contribution in [2.24, 2.45) is 0 Å². The second-order valence-electron chi connectivity index (χ2n) is 5.70. The largest absolute Gasteiger partial charge is 0.378 e. The maximum Gasteiger partial charge on any atom is 0.253 e. The predicted molar refractivity (Wildman–Crippen MR) is 95.3 cm³/mol. The molecule has 0 heterocycles. The van der Waals surface area contributed by atoms with Gasteiger partial charge in [0, 0.05) is 60.9 Å². The van der Waals surface area contributed by atoms with Gasteiger partial charge in [0.1, 0.15) is 0 Å². The smallest absolute Gasteiger partial charge is 0.253 e. The Labute approximate surface area is 140 Å². The molecule has 2 aromatic carbocycles. The van der Waals surface area contributed by atoms with E-state index in [2.05, 4.69) is 0 Å². The van der Waals surface area contributed by atoms with Gasteiger partial charge in [-0.3, -0.25) is 9.00 Å². The van der Waals surface area contributed by atoms with Crippen molar-refractivity contribution in [2.75, 3.05) is 32.3 Å². The number of hydrogen-bond acceptors (Lipinski definition) is 3. The molecule has 4 nitrogen and oxygen atoms in total. The van der Waals surface area contributed by atoms with Gasteiger partial charge in [0.25, 0.3) is 5.91 Å².